The third-order valence-electron chi connectivity index (χ3n) is 6.58. The van der Waals surface area contributed by atoms with E-state index in [0.29, 0.717) is 17.4 Å². The maximum absolute atomic E-state index is 12.0. The van der Waals surface area contributed by atoms with Crippen LogP contribution in [0.2, 0.25) is 0 Å². The summed E-state index contributed by atoms with van der Waals surface area (Å²) in [5, 5.41) is 9.39. The lowest BCUT2D eigenvalue weighted by Crippen LogP contribution is -2.37. The van der Waals surface area contributed by atoms with Gasteiger partial charge in [0.1, 0.15) is 25.9 Å². The Balaban J connectivity index is 3.61. The zero-order valence-electron chi connectivity index (χ0n) is 25.6. The number of esters is 1. The van der Waals surface area contributed by atoms with E-state index in [9.17, 15) is 19.4 Å². The number of likely N-dealkylation sites (N-methyl/N-ethyl adjacent to an activating group) is 1. The Hall–Kier alpha value is -0.760. The van der Waals surface area contributed by atoms with Crippen LogP contribution in [-0.4, -0.2) is 74.1 Å². The molecule has 0 heterocycles. The van der Waals surface area contributed by atoms with Gasteiger partial charge in [0.05, 0.1) is 27.7 Å². The van der Waals surface area contributed by atoms with Gasteiger partial charge in [-0.05, 0) is 32.1 Å². The molecule has 1 unspecified atom stereocenters. The lowest BCUT2D eigenvalue weighted by Gasteiger charge is -2.24. The number of allylic oxidation sites excluding steroid dienone is 2. The molecule has 8 nitrogen and oxygen atoms in total. The van der Waals surface area contributed by atoms with Crippen molar-refractivity contribution in [2.24, 2.45) is 0 Å². The number of ether oxygens (including phenoxy) is 1. The molecular formula is C30H61NO7P+. The fourth-order valence-electron chi connectivity index (χ4n) is 4.07. The Morgan fingerprint density at radius 1 is 0.821 bits per heavy atom. The number of hydrogen-bond acceptors (Lipinski definition) is 6. The summed E-state index contributed by atoms with van der Waals surface area (Å²) in [4.78, 5) is 21.8. The monoisotopic (exact) mass is 578 g/mol. The van der Waals surface area contributed by atoms with Crippen LogP contribution in [0.5, 0.6) is 0 Å². The van der Waals surface area contributed by atoms with Crippen molar-refractivity contribution in [1.29, 1.82) is 0 Å². The van der Waals surface area contributed by atoms with Crippen molar-refractivity contribution in [3.05, 3.63) is 12.2 Å². The SMILES string of the molecule is CCCCCCCCC=CCCCCCCCCCCCC(=O)OC[C@H](CO)OP(=O)(O)OCC[N+](C)(C)C. The number of carbonyl (C=O) groups is 1. The molecule has 39 heavy (non-hydrogen) atoms. The fraction of sp³-hybridized carbons (Fsp3) is 0.900. The summed E-state index contributed by atoms with van der Waals surface area (Å²) in [5.74, 6) is -0.392. The minimum absolute atomic E-state index is 0.0339. The van der Waals surface area contributed by atoms with Gasteiger partial charge in [0.15, 0.2) is 0 Å². The van der Waals surface area contributed by atoms with E-state index in [4.69, 9.17) is 13.8 Å². The second kappa shape index (κ2) is 25.0. The number of unbranched alkanes of at least 4 members (excludes halogenated alkanes) is 15. The predicted molar refractivity (Wildman–Crippen MR) is 160 cm³/mol. The largest absolute Gasteiger partial charge is 0.472 e. The summed E-state index contributed by atoms with van der Waals surface area (Å²) < 4.78 is 27.6. The Morgan fingerprint density at radius 3 is 1.79 bits per heavy atom. The van der Waals surface area contributed by atoms with E-state index in [0.717, 1.165) is 19.3 Å². The first-order chi connectivity index (χ1) is 18.6. The molecule has 0 saturated heterocycles. The summed E-state index contributed by atoms with van der Waals surface area (Å²) in [7, 11) is 1.46. The predicted octanol–water partition coefficient (Wildman–Crippen LogP) is 7.33. The Labute approximate surface area is 239 Å². The number of hydrogen-bond donors (Lipinski definition) is 2. The van der Waals surface area contributed by atoms with Crippen LogP contribution < -0.4 is 0 Å². The van der Waals surface area contributed by atoms with Crippen molar-refractivity contribution >= 4 is 13.8 Å². The van der Waals surface area contributed by atoms with Crippen LogP contribution in [0.3, 0.4) is 0 Å². The molecule has 0 aliphatic carbocycles. The first kappa shape index (κ1) is 38.2. The highest BCUT2D eigenvalue weighted by Crippen LogP contribution is 2.44. The Morgan fingerprint density at radius 2 is 1.31 bits per heavy atom. The Bertz CT molecular complexity index is 652. The van der Waals surface area contributed by atoms with E-state index in [-0.39, 0.29) is 13.2 Å². The van der Waals surface area contributed by atoms with Crippen LogP contribution in [0, 0.1) is 0 Å². The maximum Gasteiger partial charge on any atom is 0.472 e. The molecule has 0 spiro atoms. The number of nitrogens with zero attached hydrogens (tertiary/aromatic N) is 1. The average Bonchev–Trinajstić information content (AvgIpc) is 2.86. The van der Waals surface area contributed by atoms with Crippen molar-refractivity contribution in [2.75, 3.05) is 47.5 Å². The van der Waals surface area contributed by atoms with Gasteiger partial charge in [-0.3, -0.25) is 13.8 Å². The van der Waals surface area contributed by atoms with Gasteiger partial charge in [0.2, 0.25) is 0 Å². The topological polar surface area (TPSA) is 102 Å². The summed E-state index contributed by atoms with van der Waals surface area (Å²) in [6.07, 6.45) is 25.0. The van der Waals surface area contributed by atoms with Crippen molar-refractivity contribution in [3.63, 3.8) is 0 Å². The summed E-state index contributed by atoms with van der Waals surface area (Å²) in [6.45, 7) is 1.98. The minimum Gasteiger partial charge on any atom is -0.463 e. The normalized spacial score (nSPS) is 14.5. The summed E-state index contributed by atoms with van der Waals surface area (Å²) >= 11 is 0. The first-order valence-corrected chi connectivity index (χ1v) is 17.0. The van der Waals surface area contributed by atoms with Gasteiger partial charge in [-0.25, -0.2) is 4.57 Å². The lowest BCUT2D eigenvalue weighted by atomic mass is 10.1. The molecule has 0 saturated carbocycles. The first-order valence-electron chi connectivity index (χ1n) is 15.5. The highest BCUT2D eigenvalue weighted by atomic mass is 31.2. The van der Waals surface area contributed by atoms with Gasteiger partial charge >= 0.3 is 13.8 Å². The standard InChI is InChI=1S/C30H60NO7P/c1-5-6-7-8-9-10-11-12-13-14-15-16-17-18-19-20-21-22-23-24-30(33)36-28-29(27-32)38-39(34,35)37-26-25-31(2,3)4/h12-13,29,32H,5-11,14-28H2,1-4H3/p+1/t29-/m0/s1. The molecule has 0 bridgehead atoms. The molecule has 0 aliphatic rings. The molecule has 0 fully saturated rings. The highest BCUT2D eigenvalue weighted by molar-refractivity contribution is 7.47. The summed E-state index contributed by atoms with van der Waals surface area (Å²) in [6, 6.07) is 0. The number of phosphoric ester groups is 1. The second-order valence-corrected chi connectivity index (χ2v) is 13.1. The molecule has 0 aromatic heterocycles. The quantitative estimate of drug-likeness (QED) is 0.0329. The third-order valence-corrected chi connectivity index (χ3v) is 7.65. The van der Waals surface area contributed by atoms with Gasteiger partial charge in [-0.2, -0.15) is 0 Å². The van der Waals surface area contributed by atoms with Crippen molar-refractivity contribution in [1.82, 2.24) is 0 Å². The summed E-state index contributed by atoms with van der Waals surface area (Å²) in [5.41, 5.74) is 0. The van der Waals surface area contributed by atoms with Crippen LogP contribution in [0.4, 0.5) is 0 Å². The van der Waals surface area contributed by atoms with Gasteiger partial charge in [0, 0.05) is 6.42 Å². The van der Waals surface area contributed by atoms with Crippen molar-refractivity contribution < 1.29 is 37.6 Å². The number of aliphatic hydroxyl groups excluding tert-OH is 1. The zero-order valence-corrected chi connectivity index (χ0v) is 26.5. The molecule has 0 radical (unpaired) electrons. The molecule has 2 N–H and O–H groups in total. The van der Waals surface area contributed by atoms with Crippen LogP contribution >= 0.6 is 7.82 Å². The fourth-order valence-corrected chi connectivity index (χ4v) is 4.95. The number of carbonyl (C=O) groups excluding carboxylic acids is 1. The van der Waals surface area contributed by atoms with Gasteiger partial charge < -0.3 is 19.2 Å². The number of phosphoric acid groups is 1. The average molecular weight is 579 g/mol. The van der Waals surface area contributed by atoms with E-state index in [1.165, 1.54) is 89.9 Å². The van der Waals surface area contributed by atoms with Gasteiger partial charge in [-0.1, -0.05) is 96.1 Å². The number of quaternary nitrogens is 1. The third kappa shape index (κ3) is 28.6. The molecule has 0 rings (SSSR count). The highest BCUT2D eigenvalue weighted by Gasteiger charge is 2.28. The molecule has 232 valence electrons. The zero-order chi connectivity index (χ0) is 29.2. The van der Waals surface area contributed by atoms with Gasteiger partial charge in [-0.15, -0.1) is 0 Å². The maximum atomic E-state index is 12.0. The molecular weight excluding hydrogens is 517 g/mol. The van der Waals surface area contributed by atoms with Crippen molar-refractivity contribution in [3.8, 4) is 0 Å². The smallest absolute Gasteiger partial charge is 0.463 e. The Kier molecular flexibility index (Phi) is 24.5. The van der Waals surface area contributed by atoms with Crippen LogP contribution in [0.1, 0.15) is 122 Å². The molecule has 0 aliphatic heterocycles. The lowest BCUT2D eigenvalue weighted by molar-refractivity contribution is -0.870. The van der Waals surface area contributed by atoms with E-state index in [1.807, 2.05) is 21.1 Å². The number of rotatable bonds is 28. The van der Waals surface area contributed by atoms with Crippen molar-refractivity contribution in [2.45, 2.75) is 129 Å². The van der Waals surface area contributed by atoms with Gasteiger partial charge in [0.25, 0.3) is 0 Å². The number of aliphatic hydroxyl groups is 1. The minimum atomic E-state index is -4.33. The van der Waals surface area contributed by atoms with E-state index >= 15 is 0 Å². The van der Waals surface area contributed by atoms with Crippen LogP contribution in [0.25, 0.3) is 0 Å². The van der Waals surface area contributed by atoms with E-state index in [1.54, 1.807) is 0 Å². The molecule has 0 amide bonds. The molecule has 0 aromatic rings. The van der Waals surface area contributed by atoms with Crippen LogP contribution in [-0.2, 0) is 23.1 Å². The molecule has 9 heteroatoms. The second-order valence-electron chi connectivity index (χ2n) is 11.7. The van der Waals surface area contributed by atoms with E-state index in [2.05, 4.69) is 19.1 Å². The van der Waals surface area contributed by atoms with Crippen LogP contribution in [0.15, 0.2) is 12.2 Å². The molecule has 0 aromatic carbocycles. The van der Waals surface area contributed by atoms with E-state index < -0.39 is 26.5 Å². The molecule has 2 atom stereocenters.